The van der Waals surface area contributed by atoms with E-state index in [9.17, 15) is 0 Å². The van der Waals surface area contributed by atoms with Gasteiger partial charge in [-0.2, -0.15) is 0 Å². The van der Waals surface area contributed by atoms with E-state index in [4.69, 9.17) is 9.15 Å². The van der Waals surface area contributed by atoms with E-state index in [0.717, 1.165) is 39.4 Å². The van der Waals surface area contributed by atoms with Gasteiger partial charge < -0.3 is 14.1 Å². The van der Waals surface area contributed by atoms with Crippen LogP contribution in [0.2, 0.25) is 0 Å². The summed E-state index contributed by atoms with van der Waals surface area (Å²) in [4.78, 5) is 2.31. The van der Waals surface area contributed by atoms with Crippen LogP contribution in [0, 0.1) is 0 Å². The molecular weight excluding hydrogens is 562 g/mol. The Morgan fingerprint density at radius 2 is 1.35 bits per heavy atom. The van der Waals surface area contributed by atoms with Gasteiger partial charge in [0.1, 0.15) is 17.4 Å². The fourth-order valence-electron chi connectivity index (χ4n) is 8.39. The zero-order chi connectivity index (χ0) is 30.6. The van der Waals surface area contributed by atoms with Crippen molar-refractivity contribution in [3.05, 3.63) is 156 Å². The van der Waals surface area contributed by atoms with Gasteiger partial charge in [-0.15, -0.1) is 0 Å². The largest absolute Gasteiger partial charge is 0.483 e. The van der Waals surface area contributed by atoms with Crippen LogP contribution >= 0.6 is 0 Å². The maximum absolute atomic E-state index is 7.22. The van der Waals surface area contributed by atoms with E-state index in [1.54, 1.807) is 0 Å². The number of anilines is 3. The molecule has 1 aliphatic heterocycles. The molecule has 3 heteroatoms. The maximum atomic E-state index is 7.22. The highest BCUT2D eigenvalue weighted by Crippen LogP contribution is 2.57. The van der Waals surface area contributed by atoms with Gasteiger partial charge in [-0.25, -0.2) is 0 Å². The topological polar surface area (TPSA) is 25.6 Å². The Labute approximate surface area is 267 Å². The molecule has 2 unspecified atom stereocenters. The summed E-state index contributed by atoms with van der Waals surface area (Å²) in [5, 5.41) is 4.80. The van der Waals surface area contributed by atoms with Crippen molar-refractivity contribution in [2.45, 2.75) is 31.3 Å². The maximum Gasteiger partial charge on any atom is 0.159 e. The molecule has 220 valence electrons. The Hall–Kier alpha value is -5.54. The van der Waals surface area contributed by atoms with Gasteiger partial charge in [0.2, 0.25) is 0 Å². The Kier molecular flexibility index (Phi) is 5.18. The van der Waals surface area contributed by atoms with Crippen LogP contribution in [0.5, 0.6) is 5.75 Å². The fourth-order valence-corrected chi connectivity index (χ4v) is 8.39. The van der Waals surface area contributed by atoms with Crippen LogP contribution in [0.1, 0.15) is 36.5 Å². The van der Waals surface area contributed by atoms with E-state index in [1.165, 1.54) is 44.0 Å². The molecule has 6 aromatic carbocycles. The molecule has 0 amide bonds. The molecule has 0 radical (unpaired) electrons. The van der Waals surface area contributed by atoms with E-state index in [2.05, 4.69) is 158 Å². The van der Waals surface area contributed by atoms with E-state index in [-0.39, 0.29) is 17.4 Å². The number of hydrogen-bond donors (Lipinski definition) is 0. The molecule has 2 atom stereocenters. The lowest BCUT2D eigenvalue weighted by molar-refractivity contribution is 0.269. The molecule has 0 N–H and O–H groups in total. The van der Waals surface area contributed by atoms with Gasteiger partial charge in [0, 0.05) is 38.9 Å². The Balaban J connectivity index is 1.31. The number of allylic oxidation sites excluding steroid dienone is 2. The smallest absolute Gasteiger partial charge is 0.159 e. The van der Waals surface area contributed by atoms with Crippen molar-refractivity contribution in [3.8, 4) is 16.9 Å². The van der Waals surface area contributed by atoms with Crippen molar-refractivity contribution < 1.29 is 9.15 Å². The van der Waals surface area contributed by atoms with Crippen LogP contribution in [-0.4, -0.2) is 6.10 Å². The first-order chi connectivity index (χ1) is 22.6. The number of para-hydroxylation sites is 3. The molecule has 7 aromatic rings. The monoisotopic (exact) mass is 593 g/mol. The summed E-state index contributed by atoms with van der Waals surface area (Å²) in [6, 6.07) is 41.3. The molecule has 46 heavy (non-hydrogen) atoms. The molecule has 0 saturated heterocycles. The molecule has 2 aliphatic carbocycles. The third kappa shape index (κ3) is 3.32. The van der Waals surface area contributed by atoms with Crippen molar-refractivity contribution in [1.29, 1.82) is 0 Å². The van der Waals surface area contributed by atoms with Gasteiger partial charge in [0.15, 0.2) is 5.58 Å². The number of rotatable bonds is 3. The average Bonchev–Trinajstić information content (AvgIpc) is 3.75. The molecule has 3 nitrogen and oxygen atoms in total. The second-order valence-corrected chi connectivity index (χ2v) is 13.2. The molecule has 3 aliphatic rings. The molecular formula is C43H31NO2. The van der Waals surface area contributed by atoms with Crippen LogP contribution in [-0.2, 0) is 5.41 Å². The minimum absolute atomic E-state index is 0.00172. The Morgan fingerprint density at radius 3 is 2.24 bits per heavy atom. The first-order valence-corrected chi connectivity index (χ1v) is 16.1. The second kappa shape index (κ2) is 9.24. The van der Waals surface area contributed by atoms with Crippen LogP contribution in [0.3, 0.4) is 0 Å². The highest BCUT2D eigenvalue weighted by atomic mass is 16.5. The zero-order valence-corrected chi connectivity index (χ0v) is 25.7. The lowest BCUT2D eigenvalue weighted by Gasteiger charge is -2.27. The lowest BCUT2D eigenvalue weighted by atomic mass is 9.79. The SMILES string of the molecule is CC1(C)c2ccccc2-c2c1c1ccccc1c1c2oc2c(N(c3ccccc3)c3cccc4c3OC3C=CC=CC43)cccc21. The molecule has 2 heterocycles. The summed E-state index contributed by atoms with van der Waals surface area (Å²) in [5.74, 6) is 1.13. The summed E-state index contributed by atoms with van der Waals surface area (Å²) >= 11 is 0. The van der Waals surface area contributed by atoms with E-state index < -0.39 is 0 Å². The van der Waals surface area contributed by atoms with Gasteiger partial charge in [0.05, 0.1) is 11.4 Å². The van der Waals surface area contributed by atoms with Crippen molar-refractivity contribution in [2.75, 3.05) is 4.90 Å². The van der Waals surface area contributed by atoms with Crippen molar-refractivity contribution >= 4 is 49.8 Å². The predicted octanol–water partition coefficient (Wildman–Crippen LogP) is 11.5. The van der Waals surface area contributed by atoms with Crippen LogP contribution in [0.15, 0.2) is 144 Å². The van der Waals surface area contributed by atoms with Crippen molar-refractivity contribution in [2.24, 2.45) is 0 Å². The zero-order valence-electron chi connectivity index (χ0n) is 25.7. The Bertz CT molecular complexity index is 2450. The second-order valence-electron chi connectivity index (χ2n) is 13.2. The first kappa shape index (κ1) is 25.8. The highest BCUT2D eigenvalue weighted by Gasteiger charge is 2.40. The number of nitrogens with zero attached hydrogens (tertiary/aromatic N) is 1. The van der Waals surface area contributed by atoms with E-state index >= 15 is 0 Å². The van der Waals surface area contributed by atoms with E-state index in [1.807, 2.05) is 0 Å². The van der Waals surface area contributed by atoms with Gasteiger partial charge in [-0.3, -0.25) is 0 Å². The summed E-state index contributed by atoms with van der Waals surface area (Å²) in [5.41, 5.74) is 11.1. The van der Waals surface area contributed by atoms with Crippen LogP contribution in [0.25, 0.3) is 43.8 Å². The average molecular weight is 594 g/mol. The minimum Gasteiger partial charge on any atom is -0.483 e. The molecule has 0 fully saturated rings. The van der Waals surface area contributed by atoms with Crippen molar-refractivity contribution in [1.82, 2.24) is 0 Å². The summed E-state index contributed by atoms with van der Waals surface area (Å²) in [7, 11) is 0. The van der Waals surface area contributed by atoms with Crippen molar-refractivity contribution in [3.63, 3.8) is 0 Å². The standard InChI is InChI=1S/C43H31NO2/c1-43(2)33-22-10-8-19-31(33)38-39(43)29-18-7-6-17-28(29)37-32-21-13-24-35(41(32)46-42(37)38)44(26-14-4-3-5-15-26)34-23-12-20-30-27-16-9-11-25-36(27)45-40(30)34/h3-25,27,36H,1-2H3. The number of benzene rings is 6. The third-order valence-electron chi connectivity index (χ3n) is 10.4. The number of hydrogen-bond acceptors (Lipinski definition) is 3. The predicted molar refractivity (Wildman–Crippen MR) is 189 cm³/mol. The number of ether oxygens (including phenoxy) is 1. The Morgan fingerprint density at radius 1 is 0.630 bits per heavy atom. The molecule has 1 aromatic heterocycles. The first-order valence-electron chi connectivity index (χ1n) is 16.1. The van der Waals surface area contributed by atoms with Crippen LogP contribution < -0.4 is 9.64 Å². The van der Waals surface area contributed by atoms with Crippen LogP contribution in [0.4, 0.5) is 17.1 Å². The minimum atomic E-state index is -0.154. The molecule has 0 bridgehead atoms. The van der Waals surface area contributed by atoms with E-state index in [0.29, 0.717) is 0 Å². The fraction of sp³-hybridized carbons (Fsp3) is 0.116. The van der Waals surface area contributed by atoms with Gasteiger partial charge in [0.25, 0.3) is 0 Å². The normalized spacial score (nSPS) is 18.4. The number of furan rings is 1. The highest BCUT2D eigenvalue weighted by molar-refractivity contribution is 6.26. The quantitative estimate of drug-likeness (QED) is 0.204. The number of fused-ring (bicyclic) bond motifs is 13. The summed E-state index contributed by atoms with van der Waals surface area (Å²) in [6.07, 6.45) is 8.61. The molecule has 10 rings (SSSR count). The van der Waals surface area contributed by atoms with Gasteiger partial charge in [-0.05, 0) is 57.8 Å². The lowest BCUT2D eigenvalue weighted by Crippen LogP contribution is -2.16. The van der Waals surface area contributed by atoms with Gasteiger partial charge in [-0.1, -0.05) is 123 Å². The van der Waals surface area contributed by atoms with Gasteiger partial charge >= 0.3 is 0 Å². The summed E-state index contributed by atoms with van der Waals surface area (Å²) in [6.45, 7) is 4.69. The molecule has 0 spiro atoms. The third-order valence-corrected chi connectivity index (χ3v) is 10.4. The molecule has 0 saturated carbocycles. The summed E-state index contributed by atoms with van der Waals surface area (Å²) < 4.78 is 13.9.